The van der Waals surface area contributed by atoms with Crippen LogP contribution in [-0.2, 0) is 0 Å². The average Bonchev–Trinajstić information content (AvgIpc) is 3.89. The minimum Gasteiger partial charge on any atom is -0.455 e. The Labute approximate surface area is 351 Å². The average molecular weight is 777 g/mol. The Morgan fingerprint density at radius 3 is 1.77 bits per heavy atom. The highest BCUT2D eigenvalue weighted by atomic mass is 16.3. The van der Waals surface area contributed by atoms with Gasteiger partial charge in [-0.1, -0.05) is 164 Å². The molecule has 0 amide bonds. The maximum absolute atomic E-state index is 6.72. The van der Waals surface area contributed by atoms with Gasteiger partial charge in [-0.2, -0.15) is 0 Å². The van der Waals surface area contributed by atoms with Gasteiger partial charge in [0.1, 0.15) is 11.2 Å². The molecule has 11 aromatic carbocycles. The first-order valence-electron chi connectivity index (χ1n) is 20.9. The van der Waals surface area contributed by atoms with Gasteiger partial charge in [0.25, 0.3) is 0 Å². The van der Waals surface area contributed by atoms with Crippen LogP contribution in [0.25, 0.3) is 104 Å². The fourth-order valence-corrected chi connectivity index (χ4v) is 9.89. The van der Waals surface area contributed by atoms with Crippen molar-refractivity contribution in [3.63, 3.8) is 0 Å². The number of para-hydroxylation sites is 2. The van der Waals surface area contributed by atoms with E-state index >= 15 is 0 Å². The topological polar surface area (TPSA) is 21.3 Å². The zero-order valence-corrected chi connectivity index (χ0v) is 33.1. The zero-order valence-electron chi connectivity index (χ0n) is 33.1. The van der Waals surface area contributed by atoms with E-state index in [0.29, 0.717) is 0 Å². The van der Waals surface area contributed by atoms with E-state index in [1.807, 2.05) is 0 Å². The van der Waals surface area contributed by atoms with Crippen molar-refractivity contribution < 1.29 is 4.42 Å². The largest absolute Gasteiger partial charge is 0.455 e. The third-order valence-corrected chi connectivity index (χ3v) is 12.7. The van der Waals surface area contributed by atoms with Crippen molar-refractivity contribution in [3.05, 3.63) is 218 Å². The van der Waals surface area contributed by atoms with Crippen molar-refractivity contribution in [1.82, 2.24) is 4.57 Å². The molecular weight excluding hydrogens is 741 g/mol. The molecule has 3 nitrogen and oxygen atoms in total. The minimum atomic E-state index is 0.881. The lowest BCUT2D eigenvalue weighted by molar-refractivity contribution is 0.672. The molecule has 2 aromatic heterocycles. The first-order valence-corrected chi connectivity index (χ1v) is 20.9. The Kier molecular flexibility index (Phi) is 7.31. The molecule has 0 radical (unpaired) electrons. The second-order valence-electron chi connectivity index (χ2n) is 16.1. The maximum atomic E-state index is 6.72. The first kappa shape index (κ1) is 33.8. The van der Waals surface area contributed by atoms with E-state index in [2.05, 4.69) is 228 Å². The molecular formula is C58H36N2O. The Balaban J connectivity index is 1.02. The van der Waals surface area contributed by atoms with Crippen molar-refractivity contribution >= 4 is 104 Å². The minimum absolute atomic E-state index is 0.881. The van der Waals surface area contributed by atoms with Crippen molar-refractivity contribution in [2.75, 3.05) is 4.90 Å². The van der Waals surface area contributed by atoms with Crippen LogP contribution in [0.15, 0.2) is 223 Å². The molecule has 0 aliphatic carbocycles. The number of anilines is 3. The van der Waals surface area contributed by atoms with E-state index in [1.54, 1.807) is 0 Å². The maximum Gasteiger partial charge on any atom is 0.145 e. The first-order chi connectivity index (χ1) is 30.2. The van der Waals surface area contributed by atoms with Crippen LogP contribution in [0.2, 0.25) is 0 Å². The summed E-state index contributed by atoms with van der Waals surface area (Å²) in [4.78, 5) is 2.41. The SMILES string of the molecule is c1ccc(-n2c3cc(-c4ccc(N(c5ccc6c(ccc7ccccc76)c5)c5cc6ccccc6c6oc7ccccc7c56)cc4)ccc3c3ccc4ccccc4c32)cc1. The van der Waals surface area contributed by atoms with Gasteiger partial charge in [-0.3, -0.25) is 0 Å². The highest BCUT2D eigenvalue weighted by Gasteiger charge is 2.23. The summed E-state index contributed by atoms with van der Waals surface area (Å²) in [5.41, 5.74) is 10.9. The van der Waals surface area contributed by atoms with E-state index < -0.39 is 0 Å². The fraction of sp³-hybridized carbons (Fsp3) is 0. The monoisotopic (exact) mass is 776 g/mol. The Bertz CT molecular complexity index is 3880. The van der Waals surface area contributed by atoms with Gasteiger partial charge in [-0.05, 0) is 98.0 Å². The van der Waals surface area contributed by atoms with Crippen LogP contribution in [-0.4, -0.2) is 4.57 Å². The smallest absolute Gasteiger partial charge is 0.145 e. The second kappa shape index (κ2) is 13.2. The van der Waals surface area contributed by atoms with E-state index in [1.165, 1.54) is 59.7 Å². The lowest BCUT2D eigenvalue weighted by Gasteiger charge is -2.27. The van der Waals surface area contributed by atoms with Gasteiger partial charge in [0.15, 0.2) is 0 Å². The van der Waals surface area contributed by atoms with Gasteiger partial charge in [-0.25, -0.2) is 0 Å². The Hall–Kier alpha value is -8.14. The molecule has 0 unspecified atom stereocenters. The van der Waals surface area contributed by atoms with Crippen molar-refractivity contribution in [2.24, 2.45) is 0 Å². The molecule has 0 N–H and O–H groups in total. The van der Waals surface area contributed by atoms with Crippen LogP contribution in [0.1, 0.15) is 0 Å². The molecule has 13 rings (SSSR count). The molecule has 0 atom stereocenters. The summed E-state index contributed by atoms with van der Waals surface area (Å²) < 4.78 is 9.16. The summed E-state index contributed by atoms with van der Waals surface area (Å²) >= 11 is 0. The molecule has 0 saturated heterocycles. The number of hydrogen-bond acceptors (Lipinski definition) is 2. The molecule has 0 aliphatic rings. The second-order valence-corrected chi connectivity index (χ2v) is 16.1. The summed E-state index contributed by atoms with van der Waals surface area (Å²) in [6.07, 6.45) is 0. The molecule has 13 aromatic rings. The molecule has 2 heterocycles. The predicted octanol–water partition coefficient (Wildman–Crippen LogP) is 16.4. The molecule has 0 spiro atoms. The van der Waals surface area contributed by atoms with Crippen LogP contribution >= 0.6 is 0 Å². The highest BCUT2D eigenvalue weighted by molar-refractivity contribution is 6.22. The van der Waals surface area contributed by atoms with Crippen LogP contribution in [0, 0.1) is 0 Å². The van der Waals surface area contributed by atoms with Gasteiger partial charge in [0.05, 0.1) is 22.1 Å². The van der Waals surface area contributed by atoms with Gasteiger partial charge in [0, 0.05) is 44.0 Å². The number of fused-ring (bicyclic) bond motifs is 13. The van der Waals surface area contributed by atoms with E-state index in [4.69, 9.17) is 4.42 Å². The fourth-order valence-electron chi connectivity index (χ4n) is 9.89. The molecule has 0 aliphatic heterocycles. The predicted molar refractivity (Wildman–Crippen MR) is 258 cm³/mol. The number of rotatable bonds is 5. The van der Waals surface area contributed by atoms with Crippen LogP contribution in [0.3, 0.4) is 0 Å². The third kappa shape index (κ3) is 5.17. The Morgan fingerprint density at radius 2 is 0.934 bits per heavy atom. The third-order valence-electron chi connectivity index (χ3n) is 12.7. The molecule has 0 saturated carbocycles. The van der Waals surface area contributed by atoms with Crippen molar-refractivity contribution in [1.29, 1.82) is 0 Å². The van der Waals surface area contributed by atoms with Crippen molar-refractivity contribution in [2.45, 2.75) is 0 Å². The lowest BCUT2D eigenvalue weighted by atomic mass is 9.99. The van der Waals surface area contributed by atoms with E-state index in [-0.39, 0.29) is 0 Å². The summed E-state index contributed by atoms with van der Waals surface area (Å²) in [5.74, 6) is 0. The summed E-state index contributed by atoms with van der Waals surface area (Å²) in [7, 11) is 0. The van der Waals surface area contributed by atoms with Crippen LogP contribution in [0.4, 0.5) is 17.1 Å². The van der Waals surface area contributed by atoms with Crippen molar-refractivity contribution in [3.8, 4) is 16.8 Å². The number of aromatic nitrogens is 1. The van der Waals surface area contributed by atoms with Gasteiger partial charge in [-0.15, -0.1) is 0 Å². The molecule has 0 bridgehead atoms. The summed E-state index contributed by atoms with van der Waals surface area (Å²) in [6.45, 7) is 0. The quantitative estimate of drug-likeness (QED) is 0.162. The standard InChI is InChI=1S/C58H36N2O/c1-2-15-43(16-3-1)60-53-35-40(27-31-50(53)51-32-26-39-13-5-8-18-48(39)57(51)60)37-24-28-44(29-25-37)59(45-30-33-47-42(34-45)23-22-38-12-4-7-17-46(38)47)54-36-41-14-6-9-19-49(41)58-56(54)52-20-10-11-21-55(52)61-58/h1-36H. The number of hydrogen-bond donors (Lipinski definition) is 0. The number of furan rings is 1. The molecule has 3 heteroatoms. The van der Waals surface area contributed by atoms with Gasteiger partial charge in [0.2, 0.25) is 0 Å². The zero-order chi connectivity index (χ0) is 40.0. The lowest BCUT2D eigenvalue weighted by Crippen LogP contribution is -2.10. The van der Waals surface area contributed by atoms with Crippen LogP contribution < -0.4 is 4.90 Å². The Morgan fingerprint density at radius 1 is 0.361 bits per heavy atom. The van der Waals surface area contributed by atoms with Crippen LogP contribution in [0.5, 0.6) is 0 Å². The summed E-state index contributed by atoms with van der Waals surface area (Å²) in [5, 5.41) is 14.4. The van der Waals surface area contributed by atoms with E-state index in [9.17, 15) is 0 Å². The molecule has 284 valence electrons. The summed E-state index contributed by atoms with van der Waals surface area (Å²) in [6, 6.07) is 79.3. The number of nitrogens with zero attached hydrogens (tertiary/aromatic N) is 2. The van der Waals surface area contributed by atoms with Gasteiger partial charge < -0.3 is 13.9 Å². The highest BCUT2D eigenvalue weighted by Crippen LogP contribution is 2.47. The normalized spacial score (nSPS) is 11.9. The van der Waals surface area contributed by atoms with E-state index in [0.717, 1.165) is 61.0 Å². The molecule has 0 fully saturated rings. The molecule has 61 heavy (non-hydrogen) atoms. The number of benzene rings is 11. The van der Waals surface area contributed by atoms with Gasteiger partial charge >= 0.3 is 0 Å².